The molecule has 0 fully saturated rings. The van der Waals surface area contributed by atoms with E-state index in [1.165, 1.54) is 5.56 Å². The summed E-state index contributed by atoms with van der Waals surface area (Å²) >= 11 is 2.35. The van der Waals surface area contributed by atoms with Gasteiger partial charge in [0.05, 0.1) is 6.26 Å². The van der Waals surface area contributed by atoms with Crippen molar-refractivity contribution >= 4 is 32.7 Å². The predicted molar refractivity (Wildman–Crippen MR) is 122 cm³/mol. The Morgan fingerprint density at radius 2 is 1.44 bits per heavy atom. The van der Waals surface area contributed by atoms with Gasteiger partial charge in [-0.1, -0.05) is 65.8 Å². The highest BCUT2D eigenvalue weighted by Crippen LogP contribution is 2.46. The minimum Gasteiger partial charge on any atom is -0.382 e. The Kier molecular flexibility index (Phi) is 7.01. The maximum atomic E-state index is 12.1. The Hall–Kier alpha value is -1.08. The van der Waals surface area contributed by atoms with Gasteiger partial charge in [-0.15, -0.1) is 0 Å². The molecule has 2 aromatic rings. The molecule has 0 aromatic heterocycles. The average Bonchev–Trinajstić information content (AvgIpc) is 2.52. The number of hydrogen-bond acceptors (Lipinski definition) is 3. The Morgan fingerprint density at radius 3 is 1.89 bits per heavy atom. The molecule has 0 heterocycles. The zero-order chi connectivity index (χ0) is 20.5. The van der Waals surface area contributed by atoms with E-state index in [9.17, 15) is 8.42 Å². The highest BCUT2D eigenvalue weighted by Gasteiger charge is 2.27. The van der Waals surface area contributed by atoms with E-state index in [2.05, 4.69) is 82.3 Å². The van der Waals surface area contributed by atoms with E-state index in [0.717, 1.165) is 32.1 Å². The van der Waals surface area contributed by atoms with Crippen molar-refractivity contribution in [2.75, 3.05) is 6.26 Å². The molecular weight excluding hydrogens is 471 g/mol. The molecule has 0 N–H and O–H groups in total. The molecule has 0 aliphatic carbocycles. The van der Waals surface area contributed by atoms with Gasteiger partial charge in [0.25, 0.3) is 0 Å². The predicted octanol–water partition coefficient (Wildman–Crippen LogP) is 6.67. The summed E-state index contributed by atoms with van der Waals surface area (Å²) < 4.78 is 30.9. The maximum absolute atomic E-state index is 12.1. The van der Waals surface area contributed by atoms with Crippen LogP contribution in [0.3, 0.4) is 0 Å². The van der Waals surface area contributed by atoms with E-state index >= 15 is 0 Å². The van der Waals surface area contributed by atoms with Crippen molar-refractivity contribution < 1.29 is 12.6 Å². The molecule has 3 nitrogen and oxygen atoms in total. The van der Waals surface area contributed by atoms with E-state index in [0.29, 0.717) is 11.7 Å². The standard InChI is InChI=1S/C22H29IO3S/c1-13(2)17-12-18(14(3)4)22(26-27(7,24)25)20(15(5)6)21(17)16-10-8-9-11-19(16)23/h8-15H,1-7H3. The monoisotopic (exact) mass is 500 g/mol. The van der Waals surface area contributed by atoms with Crippen LogP contribution in [0.25, 0.3) is 11.1 Å². The molecule has 2 rings (SSSR count). The van der Waals surface area contributed by atoms with Gasteiger partial charge in [0.15, 0.2) is 0 Å². The first-order valence-corrected chi connectivity index (χ1v) is 12.2. The lowest BCUT2D eigenvalue weighted by Crippen LogP contribution is -2.13. The zero-order valence-electron chi connectivity index (χ0n) is 17.1. The molecule has 0 saturated heterocycles. The summed E-state index contributed by atoms with van der Waals surface area (Å²) in [6.07, 6.45) is 1.11. The van der Waals surface area contributed by atoms with Crippen molar-refractivity contribution in [2.45, 2.75) is 59.3 Å². The first kappa shape index (κ1) is 22.2. The van der Waals surface area contributed by atoms with E-state index < -0.39 is 10.1 Å². The fourth-order valence-corrected chi connectivity index (χ4v) is 4.52. The molecule has 2 aromatic carbocycles. The van der Waals surface area contributed by atoms with Crippen molar-refractivity contribution in [1.29, 1.82) is 0 Å². The largest absolute Gasteiger partial charge is 0.382 e. The van der Waals surface area contributed by atoms with Gasteiger partial charge >= 0.3 is 10.1 Å². The Balaban J connectivity index is 3.05. The second kappa shape index (κ2) is 8.52. The molecule has 0 aliphatic heterocycles. The third kappa shape index (κ3) is 5.05. The molecule has 0 radical (unpaired) electrons. The summed E-state index contributed by atoms with van der Waals surface area (Å²) in [7, 11) is -3.63. The van der Waals surface area contributed by atoms with Gasteiger partial charge in [-0.3, -0.25) is 0 Å². The van der Waals surface area contributed by atoms with Crippen LogP contribution in [0.4, 0.5) is 0 Å². The van der Waals surface area contributed by atoms with Gasteiger partial charge in [-0.05, 0) is 68.7 Å². The minimum absolute atomic E-state index is 0.115. The van der Waals surface area contributed by atoms with Gasteiger partial charge in [0.1, 0.15) is 5.75 Å². The fourth-order valence-electron chi connectivity index (χ4n) is 3.37. The van der Waals surface area contributed by atoms with Crippen molar-refractivity contribution in [2.24, 2.45) is 0 Å². The van der Waals surface area contributed by atoms with Crippen molar-refractivity contribution in [3.8, 4) is 16.9 Å². The molecule has 0 atom stereocenters. The number of benzene rings is 2. The Bertz CT molecular complexity index is 929. The second-order valence-electron chi connectivity index (χ2n) is 7.90. The number of halogens is 1. The van der Waals surface area contributed by atoms with Gasteiger partial charge in [0, 0.05) is 9.13 Å². The summed E-state index contributed by atoms with van der Waals surface area (Å²) in [6.45, 7) is 12.7. The van der Waals surface area contributed by atoms with E-state index in [1.807, 2.05) is 12.1 Å². The molecule has 148 valence electrons. The first-order chi connectivity index (χ1) is 12.4. The van der Waals surface area contributed by atoms with E-state index in [1.54, 1.807) is 0 Å². The van der Waals surface area contributed by atoms with Crippen LogP contribution in [0, 0.1) is 3.57 Å². The van der Waals surface area contributed by atoms with Crippen LogP contribution < -0.4 is 4.18 Å². The zero-order valence-corrected chi connectivity index (χ0v) is 20.1. The molecule has 0 saturated carbocycles. The van der Waals surface area contributed by atoms with Crippen molar-refractivity contribution in [1.82, 2.24) is 0 Å². The van der Waals surface area contributed by atoms with Gasteiger partial charge in [0.2, 0.25) is 0 Å². The van der Waals surface area contributed by atoms with Gasteiger partial charge in [-0.25, -0.2) is 0 Å². The summed E-state index contributed by atoms with van der Waals surface area (Å²) in [5.41, 5.74) is 5.38. The van der Waals surface area contributed by atoms with Crippen LogP contribution in [-0.2, 0) is 10.1 Å². The quantitative estimate of drug-likeness (QED) is 0.329. The third-order valence-electron chi connectivity index (χ3n) is 4.58. The smallest absolute Gasteiger partial charge is 0.306 e. The molecule has 0 spiro atoms. The van der Waals surface area contributed by atoms with Crippen LogP contribution in [0.15, 0.2) is 30.3 Å². The van der Waals surface area contributed by atoms with E-state index in [4.69, 9.17) is 4.18 Å². The van der Waals surface area contributed by atoms with Gasteiger partial charge < -0.3 is 4.18 Å². The molecule has 0 unspecified atom stereocenters. The molecular formula is C22H29IO3S. The summed E-state index contributed by atoms with van der Waals surface area (Å²) in [5, 5.41) is 0. The lowest BCUT2D eigenvalue weighted by molar-refractivity contribution is 0.482. The maximum Gasteiger partial charge on any atom is 0.306 e. The second-order valence-corrected chi connectivity index (χ2v) is 10.6. The van der Waals surface area contributed by atoms with Gasteiger partial charge in [-0.2, -0.15) is 8.42 Å². The van der Waals surface area contributed by atoms with Crippen LogP contribution in [0.5, 0.6) is 5.75 Å². The van der Waals surface area contributed by atoms with Crippen LogP contribution in [-0.4, -0.2) is 14.7 Å². The summed E-state index contributed by atoms with van der Waals surface area (Å²) in [5.74, 6) is 1.07. The highest BCUT2D eigenvalue weighted by molar-refractivity contribution is 14.1. The van der Waals surface area contributed by atoms with Crippen LogP contribution in [0.1, 0.15) is 76.0 Å². The summed E-state index contributed by atoms with van der Waals surface area (Å²) in [4.78, 5) is 0. The van der Waals surface area contributed by atoms with Crippen molar-refractivity contribution in [3.63, 3.8) is 0 Å². The first-order valence-electron chi connectivity index (χ1n) is 9.29. The number of hydrogen-bond donors (Lipinski definition) is 0. The summed E-state index contributed by atoms with van der Waals surface area (Å²) in [6, 6.07) is 10.4. The Labute approximate surface area is 177 Å². The SMILES string of the molecule is CC(C)c1cc(C(C)C)c(-c2ccccc2I)c(C(C)C)c1OS(C)(=O)=O. The van der Waals surface area contributed by atoms with E-state index in [-0.39, 0.29) is 11.8 Å². The normalized spacial score (nSPS) is 12.3. The average molecular weight is 500 g/mol. The molecule has 0 aliphatic rings. The minimum atomic E-state index is -3.63. The highest BCUT2D eigenvalue weighted by atomic mass is 127. The lowest BCUT2D eigenvalue weighted by atomic mass is 9.81. The van der Waals surface area contributed by atoms with Crippen LogP contribution in [0.2, 0.25) is 0 Å². The third-order valence-corrected chi connectivity index (χ3v) is 5.99. The molecule has 0 bridgehead atoms. The van der Waals surface area contributed by atoms with Crippen molar-refractivity contribution in [3.05, 3.63) is 50.6 Å². The topological polar surface area (TPSA) is 43.4 Å². The molecule has 27 heavy (non-hydrogen) atoms. The van der Waals surface area contributed by atoms with Crippen LogP contribution >= 0.6 is 22.6 Å². The molecule has 0 amide bonds. The number of rotatable bonds is 6. The fraction of sp³-hybridized carbons (Fsp3) is 0.455. The lowest BCUT2D eigenvalue weighted by Gasteiger charge is -2.27. The molecule has 5 heteroatoms. The Morgan fingerprint density at radius 1 is 0.889 bits per heavy atom.